The third-order valence-corrected chi connectivity index (χ3v) is 5.24. The van der Waals surface area contributed by atoms with E-state index in [0.29, 0.717) is 23.7 Å². The fourth-order valence-electron chi connectivity index (χ4n) is 3.19. The Hall–Kier alpha value is -2.53. The number of amides is 2. The van der Waals surface area contributed by atoms with Gasteiger partial charge in [-0.3, -0.25) is 9.59 Å². The highest BCUT2D eigenvalue weighted by Gasteiger charge is 2.29. The monoisotopic (exact) mass is 430 g/mol. The maximum absolute atomic E-state index is 13.2. The van der Waals surface area contributed by atoms with Gasteiger partial charge in [0.25, 0.3) is 5.91 Å². The summed E-state index contributed by atoms with van der Waals surface area (Å²) in [4.78, 5) is 27.5. The first-order valence-corrected chi connectivity index (χ1v) is 10.6. The fourth-order valence-corrected chi connectivity index (χ4v) is 3.32. The van der Waals surface area contributed by atoms with Gasteiger partial charge in [-0.25, -0.2) is 0 Å². The van der Waals surface area contributed by atoms with Crippen molar-refractivity contribution in [2.45, 2.75) is 59.7 Å². The van der Waals surface area contributed by atoms with Crippen molar-refractivity contribution in [3.05, 3.63) is 64.2 Å². The lowest BCUT2D eigenvalue weighted by molar-refractivity contribution is -0.143. The van der Waals surface area contributed by atoms with Crippen LogP contribution in [0.15, 0.2) is 42.5 Å². The van der Waals surface area contributed by atoms with Crippen molar-refractivity contribution in [1.29, 1.82) is 0 Å². The number of hydrogen-bond donors (Lipinski definition) is 1. The minimum Gasteiger partial charge on any atom is -0.483 e. The molecule has 30 heavy (non-hydrogen) atoms. The standard InChI is InChI=1S/C24H31ClN2O3/c1-6-21(24(29)26-16(2)3)27(14-19-10-12-20(25)13-11-19)23(28)15-30-22-9-7-8-17(4)18(22)5/h7-13,16,21H,6,14-15H2,1-5H3,(H,26,29). The van der Waals surface area contributed by atoms with Gasteiger partial charge in [-0.15, -0.1) is 0 Å². The summed E-state index contributed by atoms with van der Waals surface area (Å²) in [6.07, 6.45) is 0.501. The topological polar surface area (TPSA) is 58.6 Å². The molecular weight excluding hydrogens is 400 g/mol. The molecule has 2 aromatic carbocycles. The molecule has 0 spiro atoms. The molecule has 1 unspecified atom stereocenters. The SMILES string of the molecule is CCC(C(=O)NC(C)C)N(Cc1ccc(Cl)cc1)C(=O)COc1cccc(C)c1C. The van der Waals surface area contributed by atoms with E-state index in [2.05, 4.69) is 5.32 Å². The van der Waals surface area contributed by atoms with Crippen LogP contribution in [0.4, 0.5) is 0 Å². The summed E-state index contributed by atoms with van der Waals surface area (Å²) >= 11 is 5.99. The van der Waals surface area contributed by atoms with E-state index in [0.717, 1.165) is 16.7 Å². The highest BCUT2D eigenvalue weighted by molar-refractivity contribution is 6.30. The van der Waals surface area contributed by atoms with Crippen molar-refractivity contribution in [1.82, 2.24) is 10.2 Å². The smallest absolute Gasteiger partial charge is 0.261 e. The van der Waals surface area contributed by atoms with Crippen LogP contribution in [0.25, 0.3) is 0 Å². The molecule has 5 nitrogen and oxygen atoms in total. The van der Waals surface area contributed by atoms with E-state index >= 15 is 0 Å². The average Bonchev–Trinajstić information content (AvgIpc) is 2.69. The second-order valence-corrected chi connectivity index (χ2v) is 8.16. The Labute approximate surface area is 184 Å². The van der Waals surface area contributed by atoms with Gasteiger partial charge in [0, 0.05) is 17.6 Å². The molecule has 2 amide bonds. The minimum absolute atomic E-state index is 0.00905. The average molecular weight is 431 g/mol. The predicted octanol–water partition coefficient (Wildman–Crippen LogP) is 4.67. The molecule has 6 heteroatoms. The van der Waals surface area contributed by atoms with Crippen LogP contribution in [0.5, 0.6) is 5.75 Å². The van der Waals surface area contributed by atoms with Crippen LogP contribution < -0.4 is 10.1 Å². The van der Waals surface area contributed by atoms with E-state index in [1.165, 1.54) is 0 Å². The molecule has 0 aliphatic heterocycles. The van der Waals surface area contributed by atoms with Gasteiger partial charge in [-0.2, -0.15) is 0 Å². The van der Waals surface area contributed by atoms with Crippen LogP contribution >= 0.6 is 11.6 Å². The van der Waals surface area contributed by atoms with Gasteiger partial charge in [-0.1, -0.05) is 42.8 Å². The fraction of sp³-hybridized carbons (Fsp3) is 0.417. The zero-order valence-corrected chi connectivity index (χ0v) is 19.1. The number of halogens is 1. The van der Waals surface area contributed by atoms with Gasteiger partial charge >= 0.3 is 0 Å². The van der Waals surface area contributed by atoms with Gasteiger partial charge in [0.2, 0.25) is 5.91 Å². The first-order valence-electron chi connectivity index (χ1n) is 10.3. The summed E-state index contributed by atoms with van der Waals surface area (Å²) in [5.41, 5.74) is 3.00. The lowest BCUT2D eigenvalue weighted by atomic mass is 10.1. The Bertz CT molecular complexity index is 865. The maximum Gasteiger partial charge on any atom is 0.261 e. The second-order valence-electron chi connectivity index (χ2n) is 7.72. The summed E-state index contributed by atoms with van der Waals surface area (Å²) in [6, 6.07) is 12.4. The van der Waals surface area contributed by atoms with Crippen LogP contribution in [0.1, 0.15) is 43.9 Å². The van der Waals surface area contributed by atoms with Crippen molar-refractivity contribution in [2.75, 3.05) is 6.61 Å². The van der Waals surface area contributed by atoms with Crippen molar-refractivity contribution in [3.8, 4) is 5.75 Å². The van der Waals surface area contributed by atoms with Crippen molar-refractivity contribution < 1.29 is 14.3 Å². The third kappa shape index (κ3) is 6.49. The summed E-state index contributed by atoms with van der Waals surface area (Å²) in [6.45, 7) is 9.84. The highest BCUT2D eigenvalue weighted by atomic mass is 35.5. The van der Waals surface area contributed by atoms with Crippen LogP contribution in [0.2, 0.25) is 5.02 Å². The lowest BCUT2D eigenvalue weighted by Gasteiger charge is -2.31. The molecule has 0 aliphatic rings. The molecule has 1 N–H and O–H groups in total. The number of ether oxygens (including phenoxy) is 1. The Morgan fingerprint density at radius 2 is 1.77 bits per heavy atom. The van der Waals surface area contributed by atoms with Gasteiger partial charge in [0.05, 0.1) is 0 Å². The Kier molecular flexibility index (Phi) is 8.72. The number of benzene rings is 2. The number of carbonyl (C=O) groups is 2. The van der Waals surface area contributed by atoms with E-state index in [1.807, 2.05) is 65.0 Å². The number of carbonyl (C=O) groups excluding carboxylic acids is 2. The minimum atomic E-state index is -0.585. The largest absolute Gasteiger partial charge is 0.483 e. The molecule has 2 rings (SSSR count). The van der Waals surface area contributed by atoms with Crippen LogP contribution in [-0.4, -0.2) is 35.4 Å². The molecule has 0 heterocycles. The van der Waals surface area contributed by atoms with Crippen LogP contribution in [-0.2, 0) is 16.1 Å². The Morgan fingerprint density at radius 3 is 2.37 bits per heavy atom. The normalized spacial score (nSPS) is 11.8. The van der Waals surface area contributed by atoms with Crippen LogP contribution in [0, 0.1) is 13.8 Å². The third-order valence-electron chi connectivity index (χ3n) is 4.99. The van der Waals surface area contributed by atoms with Gasteiger partial charge < -0.3 is 15.0 Å². The van der Waals surface area contributed by atoms with Gasteiger partial charge in [0.15, 0.2) is 6.61 Å². The van der Waals surface area contributed by atoms with Crippen LogP contribution in [0.3, 0.4) is 0 Å². The first-order chi connectivity index (χ1) is 14.2. The number of aryl methyl sites for hydroxylation is 1. The number of rotatable bonds is 9. The molecule has 2 aromatic rings. The van der Waals surface area contributed by atoms with Crippen molar-refractivity contribution in [2.24, 2.45) is 0 Å². The molecule has 162 valence electrons. The van der Waals surface area contributed by atoms with Crippen molar-refractivity contribution >= 4 is 23.4 Å². The molecule has 1 atom stereocenters. The molecule has 0 aliphatic carbocycles. The molecule has 0 radical (unpaired) electrons. The van der Waals surface area contributed by atoms with Crippen molar-refractivity contribution in [3.63, 3.8) is 0 Å². The maximum atomic E-state index is 13.2. The lowest BCUT2D eigenvalue weighted by Crippen LogP contribution is -2.51. The summed E-state index contributed by atoms with van der Waals surface area (Å²) in [7, 11) is 0. The van der Waals surface area contributed by atoms with Gasteiger partial charge in [0.1, 0.15) is 11.8 Å². The number of nitrogens with one attached hydrogen (secondary N) is 1. The Morgan fingerprint density at radius 1 is 1.10 bits per heavy atom. The molecular formula is C24H31ClN2O3. The molecule has 0 aromatic heterocycles. The summed E-state index contributed by atoms with van der Waals surface area (Å²) < 4.78 is 5.83. The predicted molar refractivity (Wildman–Crippen MR) is 121 cm³/mol. The van der Waals surface area contributed by atoms with E-state index in [1.54, 1.807) is 17.0 Å². The zero-order valence-electron chi connectivity index (χ0n) is 18.4. The molecule has 0 fully saturated rings. The Balaban J connectivity index is 2.23. The zero-order chi connectivity index (χ0) is 22.3. The molecule has 0 saturated carbocycles. The quantitative estimate of drug-likeness (QED) is 0.629. The molecule has 0 saturated heterocycles. The summed E-state index contributed by atoms with van der Waals surface area (Å²) in [5, 5.41) is 3.54. The number of nitrogens with zero attached hydrogens (tertiary/aromatic N) is 1. The highest BCUT2D eigenvalue weighted by Crippen LogP contribution is 2.21. The van der Waals surface area contributed by atoms with Gasteiger partial charge in [-0.05, 0) is 69.0 Å². The first kappa shape index (κ1) is 23.7. The van der Waals surface area contributed by atoms with E-state index < -0.39 is 6.04 Å². The van der Waals surface area contributed by atoms with E-state index in [9.17, 15) is 9.59 Å². The van der Waals surface area contributed by atoms with E-state index in [4.69, 9.17) is 16.3 Å². The second kappa shape index (κ2) is 11.0. The molecule has 0 bridgehead atoms. The number of hydrogen-bond acceptors (Lipinski definition) is 3. The van der Waals surface area contributed by atoms with E-state index in [-0.39, 0.29) is 24.5 Å². The summed E-state index contributed by atoms with van der Waals surface area (Å²) in [5.74, 6) is 0.271.